The van der Waals surface area contributed by atoms with E-state index in [4.69, 9.17) is 5.73 Å². The van der Waals surface area contributed by atoms with Crippen LogP contribution >= 0.6 is 0 Å². The zero-order valence-corrected chi connectivity index (χ0v) is 12.3. The highest BCUT2D eigenvalue weighted by Gasteiger charge is 2.34. The van der Waals surface area contributed by atoms with Crippen molar-refractivity contribution in [3.8, 4) is 0 Å². The summed E-state index contributed by atoms with van der Waals surface area (Å²) < 4.78 is 0. The van der Waals surface area contributed by atoms with E-state index in [1.165, 1.54) is 45.2 Å². The summed E-state index contributed by atoms with van der Waals surface area (Å²) in [5.41, 5.74) is 6.49. The number of nitrogens with two attached hydrogens (primary N) is 1. The molecule has 0 aromatic heterocycles. The van der Waals surface area contributed by atoms with Gasteiger partial charge in [-0.25, -0.2) is 0 Å². The van der Waals surface area contributed by atoms with Gasteiger partial charge in [0.05, 0.1) is 0 Å². The van der Waals surface area contributed by atoms with Gasteiger partial charge in [0.2, 0.25) is 0 Å². The Balaban J connectivity index is 2.50. The molecular formula is C15H32N2. The first-order chi connectivity index (χ1) is 8.01. The van der Waals surface area contributed by atoms with Crippen molar-refractivity contribution in [1.82, 2.24) is 4.90 Å². The molecule has 102 valence electrons. The Labute approximate surface area is 108 Å². The van der Waals surface area contributed by atoms with Crippen LogP contribution in [0.15, 0.2) is 0 Å². The third kappa shape index (κ3) is 4.59. The lowest BCUT2D eigenvalue weighted by atomic mass is 9.69. The lowest BCUT2D eigenvalue weighted by molar-refractivity contribution is 0.0944. The van der Waals surface area contributed by atoms with Crippen LogP contribution in [0.3, 0.4) is 0 Å². The van der Waals surface area contributed by atoms with Crippen molar-refractivity contribution in [2.24, 2.45) is 23.0 Å². The Kier molecular flexibility index (Phi) is 5.94. The van der Waals surface area contributed by atoms with Gasteiger partial charge in [0.25, 0.3) is 0 Å². The van der Waals surface area contributed by atoms with Crippen LogP contribution in [-0.4, -0.2) is 31.6 Å². The second-order valence-corrected chi connectivity index (χ2v) is 6.62. The molecule has 0 aromatic rings. The molecule has 0 aromatic carbocycles. The first-order valence-electron chi connectivity index (χ1n) is 7.40. The van der Waals surface area contributed by atoms with Crippen molar-refractivity contribution < 1.29 is 0 Å². The minimum atomic E-state index is 0.403. The predicted octanol–water partition coefficient (Wildman–Crippen LogP) is 3.12. The van der Waals surface area contributed by atoms with Crippen LogP contribution in [-0.2, 0) is 0 Å². The second-order valence-electron chi connectivity index (χ2n) is 6.62. The van der Waals surface area contributed by atoms with Crippen molar-refractivity contribution >= 4 is 0 Å². The maximum Gasteiger partial charge on any atom is 0.00472 e. The van der Waals surface area contributed by atoms with Gasteiger partial charge < -0.3 is 10.6 Å². The molecule has 0 bridgehead atoms. The van der Waals surface area contributed by atoms with Gasteiger partial charge in [-0.1, -0.05) is 40.0 Å². The molecule has 2 heteroatoms. The Morgan fingerprint density at radius 2 is 2.18 bits per heavy atom. The maximum atomic E-state index is 6.09. The van der Waals surface area contributed by atoms with Gasteiger partial charge in [-0.2, -0.15) is 0 Å². The van der Waals surface area contributed by atoms with Gasteiger partial charge in [0.15, 0.2) is 0 Å². The van der Waals surface area contributed by atoms with E-state index in [-0.39, 0.29) is 0 Å². The molecule has 1 saturated carbocycles. The normalized spacial score (nSPS) is 31.8. The summed E-state index contributed by atoms with van der Waals surface area (Å²) in [6, 6.07) is 0. The lowest BCUT2D eigenvalue weighted by Crippen LogP contribution is -2.45. The third-order valence-electron chi connectivity index (χ3n) is 4.54. The summed E-state index contributed by atoms with van der Waals surface area (Å²) in [6.45, 7) is 10.3. The van der Waals surface area contributed by atoms with E-state index in [0.717, 1.165) is 18.4 Å². The van der Waals surface area contributed by atoms with Crippen LogP contribution in [0.1, 0.15) is 52.9 Å². The van der Waals surface area contributed by atoms with Crippen molar-refractivity contribution in [2.75, 3.05) is 26.7 Å². The summed E-state index contributed by atoms with van der Waals surface area (Å²) in [4.78, 5) is 2.51. The second kappa shape index (κ2) is 6.75. The average Bonchev–Trinajstić information content (AvgIpc) is 2.28. The molecule has 1 aliphatic carbocycles. The Bertz CT molecular complexity index is 217. The molecule has 1 rings (SSSR count). The van der Waals surface area contributed by atoms with E-state index < -0.39 is 0 Å². The fourth-order valence-corrected chi connectivity index (χ4v) is 3.46. The van der Waals surface area contributed by atoms with Crippen molar-refractivity contribution in [3.05, 3.63) is 0 Å². The molecule has 3 unspecified atom stereocenters. The van der Waals surface area contributed by atoms with E-state index in [0.29, 0.717) is 5.41 Å². The van der Waals surface area contributed by atoms with Crippen molar-refractivity contribution in [1.29, 1.82) is 0 Å². The fraction of sp³-hybridized carbons (Fsp3) is 1.00. The lowest BCUT2D eigenvalue weighted by Gasteiger charge is -2.42. The molecule has 3 atom stereocenters. The average molecular weight is 240 g/mol. The van der Waals surface area contributed by atoms with Crippen LogP contribution < -0.4 is 5.73 Å². The standard InChI is InChI=1S/C15H32N2/c1-5-13(2)10-17(4)12-15(11-16)8-6-7-14(3)9-15/h13-14H,5-12,16H2,1-4H3. The van der Waals surface area contributed by atoms with Gasteiger partial charge in [0.1, 0.15) is 0 Å². The molecule has 1 aliphatic rings. The Morgan fingerprint density at radius 3 is 2.71 bits per heavy atom. The highest BCUT2D eigenvalue weighted by atomic mass is 15.1. The number of nitrogens with zero attached hydrogens (tertiary/aromatic N) is 1. The van der Waals surface area contributed by atoms with Crippen LogP contribution in [0, 0.1) is 17.3 Å². The van der Waals surface area contributed by atoms with Gasteiger partial charge >= 0.3 is 0 Å². The van der Waals surface area contributed by atoms with Crippen molar-refractivity contribution in [2.45, 2.75) is 52.9 Å². The molecular weight excluding hydrogens is 208 g/mol. The van der Waals surface area contributed by atoms with E-state index >= 15 is 0 Å². The molecule has 0 saturated heterocycles. The monoisotopic (exact) mass is 240 g/mol. The van der Waals surface area contributed by atoms with E-state index in [2.05, 4.69) is 32.7 Å². The Hall–Kier alpha value is -0.0800. The van der Waals surface area contributed by atoms with Crippen LogP contribution in [0.2, 0.25) is 0 Å². The number of hydrogen-bond acceptors (Lipinski definition) is 2. The summed E-state index contributed by atoms with van der Waals surface area (Å²) in [7, 11) is 2.27. The highest BCUT2D eigenvalue weighted by molar-refractivity contribution is 4.88. The van der Waals surface area contributed by atoms with E-state index in [9.17, 15) is 0 Å². The number of rotatable bonds is 6. The molecule has 17 heavy (non-hydrogen) atoms. The maximum absolute atomic E-state index is 6.09. The smallest absolute Gasteiger partial charge is 0.00472 e. The SMILES string of the molecule is CCC(C)CN(C)CC1(CN)CCCC(C)C1. The zero-order chi connectivity index (χ0) is 12.9. The predicted molar refractivity (Wildman–Crippen MR) is 76.1 cm³/mol. The molecule has 0 radical (unpaired) electrons. The minimum absolute atomic E-state index is 0.403. The van der Waals surface area contributed by atoms with Gasteiger partial charge in [-0.05, 0) is 43.7 Å². The summed E-state index contributed by atoms with van der Waals surface area (Å²) in [5, 5.41) is 0. The molecule has 0 aliphatic heterocycles. The molecule has 2 N–H and O–H groups in total. The van der Waals surface area contributed by atoms with Crippen LogP contribution in [0.4, 0.5) is 0 Å². The number of hydrogen-bond donors (Lipinski definition) is 1. The molecule has 0 heterocycles. The summed E-state index contributed by atoms with van der Waals surface area (Å²) in [5.74, 6) is 1.67. The van der Waals surface area contributed by atoms with Gasteiger partial charge in [0, 0.05) is 13.1 Å². The Morgan fingerprint density at radius 1 is 1.47 bits per heavy atom. The van der Waals surface area contributed by atoms with Crippen molar-refractivity contribution in [3.63, 3.8) is 0 Å². The molecule has 0 amide bonds. The van der Waals surface area contributed by atoms with Crippen LogP contribution in [0.25, 0.3) is 0 Å². The summed E-state index contributed by atoms with van der Waals surface area (Å²) in [6.07, 6.45) is 6.70. The van der Waals surface area contributed by atoms with Crippen LogP contribution in [0.5, 0.6) is 0 Å². The van der Waals surface area contributed by atoms with E-state index in [1.54, 1.807) is 0 Å². The van der Waals surface area contributed by atoms with Gasteiger partial charge in [-0.15, -0.1) is 0 Å². The molecule has 1 fully saturated rings. The quantitative estimate of drug-likeness (QED) is 0.773. The first kappa shape index (κ1) is 15.0. The largest absolute Gasteiger partial charge is 0.330 e. The summed E-state index contributed by atoms with van der Waals surface area (Å²) >= 11 is 0. The zero-order valence-electron chi connectivity index (χ0n) is 12.3. The molecule has 0 spiro atoms. The minimum Gasteiger partial charge on any atom is -0.330 e. The first-order valence-corrected chi connectivity index (χ1v) is 7.40. The third-order valence-corrected chi connectivity index (χ3v) is 4.54. The molecule has 2 nitrogen and oxygen atoms in total. The highest BCUT2D eigenvalue weighted by Crippen LogP contribution is 2.39. The van der Waals surface area contributed by atoms with Gasteiger partial charge in [-0.3, -0.25) is 0 Å². The van der Waals surface area contributed by atoms with E-state index in [1.807, 2.05) is 0 Å². The topological polar surface area (TPSA) is 29.3 Å². The fourth-order valence-electron chi connectivity index (χ4n) is 3.46.